The molecule has 0 saturated carbocycles. The Hall–Kier alpha value is -1.36. The second-order valence-electron chi connectivity index (χ2n) is 7.26. The van der Waals surface area contributed by atoms with Gasteiger partial charge in [-0.15, -0.1) is 0 Å². The molecule has 6 nitrogen and oxygen atoms in total. The standard InChI is InChI=1S/C19H30NO5P/c1-6-23-26(22,24-7-2)16-12-10-15(11-13-16)17-9-8-14-20(17)18(21)25-19(3,4)5/h10-13,17H,6-9,14H2,1-5H3/t17-/m0/s1. The Bertz CT molecular complexity index is 643. The molecule has 1 aliphatic rings. The summed E-state index contributed by atoms with van der Waals surface area (Å²) in [5.41, 5.74) is 0.479. The van der Waals surface area contributed by atoms with Gasteiger partial charge in [0.1, 0.15) is 5.60 Å². The highest BCUT2D eigenvalue weighted by Gasteiger charge is 2.34. The fourth-order valence-corrected chi connectivity index (χ4v) is 4.62. The summed E-state index contributed by atoms with van der Waals surface area (Å²) < 4.78 is 29.1. The molecule has 1 amide bonds. The number of nitrogens with zero attached hydrogens (tertiary/aromatic N) is 1. The number of ether oxygens (including phenoxy) is 1. The molecule has 0 N–H and O–H groups in total. The Morgan fingerprint density at radius 3 is 2.23 bits per heavy atom. The molecule has 26 heavy (non-hydrogen) atoms. The summed E-state index contributed by atoms with van der Waals surface area (Å²) in [5, 5.41) is 0.534. The molecule has 0 aromatic heterocycles. The van der Waals surface area contributed by atoms with Crippen LogP contribution in [0.15, 0.2) is 24.3 Å². The lowest BCUT2D eigenvalue weighted by Crippen LogP contribution is -2.36. The minimum atomic E-state index is -3.29. The van der Waals surface area contributed by atoms with Gasteiger partial charge in [-0.2, -0.15) is 0 Å². The summed E-state index contributed by atoms with van der Waals surface area (Å²) in [6.45, 7) is 10.5. The number of rotatable bonds is 6. The lowest BCUT2D eigenvalue weighted by molar-refractivity contribution is 0.0224. The predicted molar refractivity (Wildman–Crippen MR) is 102 cm³/mol. The van der Waals surface area contributed by atoms with Crippen molar-refractivity contribution >= 4 is 19.0 Å². The third kappa shape index (κ3) is 5.09. The van der Waals surface area contributed by atoms with Gasteiger partial charge in [0.15, 0.2) is 0 Å². The van der Waals surface area contributed by atoms with Gasteiger partial charge in [-0.3, -0.25) is 4.57 Å². The van der Waals surface area contributed by atoms with E-state index in [0.717, 1.165) is 18.4 Å². The summed E-state index contributed by atoms with van der Waals surface area (Å²) in [4.78, 5) is 14.2. The molecule has 1 heterocycles. The number of carbonyl (C=O) groups excluding carboxylic acids is 1. The number of carbonyl (C=O) groups is 1. The Morgan fingerprint density at radius 2 is 1.73 bits per heavy atom. The second kappa shape index (κ2) is 8.55. The lowest BCUT2D eigenvalue weighted by atomic mass is 10.1. The summed E-state index contributed by atoms with van der Waals surface area (Å²) in [7, 11) is -3.29. The van der Waals surface area contributed by atoms with Crippen molar-refractivity contribution in [3.63, 3.8) is 0 Å². The van der Waals surface area contributed by atoms with Gasteiger partial charge in [-0.1, -0.05) is 12.1 Å². The zero-order valence-electron chi connectivity index (χ0n) is 16.4. The number of likely N-dealkylation sites (tertiary alicyclic amines) is 1. The average Bonchev–Trinajstić information content (AvgIpc) is 3.03. The van der Waals surface area contributed by atoms with Crippen molar-refractivity contribution in [1.29, 1.82) is 0 Å². The van der Waals surface area contributed by atoms with E-state index in [1.165, 1.54) is 0 Å². The molecule has 1 saturated heterocycles. The summed E-state index contributed by atoms with van der Waals surface area (Å²) in [6.07, 6.45) is 1.52. The molecule has 1 atom stereocenters. The predicted octanol–water partition coefficient (Wildman–Crippen LogP) is 4.65. The molecule has 1 aromatic rings. The van der Waals surface area contributed by atoms with Crippen molar-refractivity contribution in [3.05, 3.63) is 29.8 Å². The van der Waals surface area contributed by atoms with Gasteiger partial charge in [0.25, 0.3) is 0 Å². The normalized spacial score (nSPS) is 18.2. The van der Waals surface area contributed by atoms with E-state index in [0.29, 0.717) is 25.1 Å². The van der Waals surface area contributed by atoms with Crippen LogP contribution >= 0.6 is 7.60 Å². The Kier molecular flexibility index (Phi) is 6.89. The smallest absolute Gasteiger partial charge is 0.410 e. The van der Waals surface area contributed by atoms with Gasteiger partial charge in [-0.25, -0.2) is 4.79 Å². The van der Waals surface area contributed by atoms with E-state index in [1.54, 1.807) is 30.9 Å². The minimum Gasteiger partial charge on any atom is -0.444 e. The van der Waals surface area contributed by atoms with Crippen molar-refractivity contribution in [2.24, 2.45) is 0 Å². The van der Waals surface area contributed by atoms with Crippen LogP contribution < -0.4 is 5.30 Å². The lowest BCUT2D eigenvalue weighted by Gasteiger charge is -2.29. The van der Waals surface area contributed by atoms with E-state index in [2.05, 4.69) is 0 Å². The van der Waals surface area contributed by atoms with Crippen LogP contribution in [0.3, 0.4) is 0 Å². The maximum atomic E-state index is 12.8. The molecule has 1 fully saturated rings. The van der Waals surface area contributed by atoms with Gasteiger partial charge in [0.2, 0.25) is 0 Å². The van der Waals surface area contributed by atoms with E-state index in [9.17, 15) is 9.36 Å². The van der Waals surface area contributed by atoms with E-state index in [-0.39, 0.29) is 12.1 Å². The molecule has 7 heteroatoms. The molecule has 1 aromatic carbocycles. The Morgan fingerprint density at radius 1 is 1.15 bits per heavy atom. The van der Waals surface area contributed by atoms with Crippen LogP contribution in [0.25, 0.3) is 0 Å². The van der Waals surface area contributed by atoms with Crippen LogP contribution in [0.5, 0.6) is 0 Å². The first-order valence-corrected chi connectivity index (χ1v) is 10.7. The highest BCUT2D eigenvalue weighted by molar-refractivity contribution is 7.62. The van der Waals surface area contributed by atoms with Crippen LogP contribution in [0.2, 0.25) is 0 Å². The third-order valence-electron chi connectivity index (χ3n) is 4.07. The van der Waals surface area contributed by atoms with Gasteiger partial charge in [0.05, 0.1) is 24.6 Å². The molecule has 0 unspecified atom stereocenters. The van der Waals surface area contributed by atoms with Crippen LogP contribution in [0, 0.1) is 0 Å². The summed E-state index contributed by atoms with van der Waals surface area (Å²) >= 11 is 0. The fourth-order valence-electron chi connectivity index (χ4n) is 3.06. The first-order valence-electron chi connectivity index (χ1n) is 9.19. The van der Waals surface area contributed by atoms with Gasteiger partial charge in [-0.05, 0) is 65.2 Å². The fraction of sp³-hybridized carbons (Fsp3) is 0.632. The van der Waals surface area contributed by atoms with Gasteiger partial charge < -0.3 is 18.7 Å². The highest BCUT2D eigenvalue weighted by Crippen LogP contribution is 2.47. The summed E-state index contributed by atoms with van der Waals surface area (Å²) in [6, 6.07) is 7.30. The molecule has 0 bridgehead atoms. The Labute approximate surface area is 156 Å². The van der Waals surface area contributed by atoms with Crippen LogP contribution in [0.4, 0.5) is 4.79 Å². The van der Waals surface area contributed by atoms with Gasteiger partial charge >= 0.3 is 13.7 Å². The topological polar surface area (TPSA) is 65.1 Å². The Balaban J connectivity index is 2.18. The van der Waals surface area contributed by atoms with Crippen molar-refractivity contribution in [2.45, 2.75) is 59.1 Å². The van der Waals surface area contributed by atoms with E-state index in [1.807, 2.05) is 32.9 Å². The molecule has 0 radical (unpaired) electrons. The maximum Gasteiger partial charge on any atom is 0.410 e. The van der Waals surface area contributed by atoms with Crippen molar-refractivity contribution in [3.8, 4) is 0 Å². The molecule has 2 rings (SSSR count). The van der Waals surface area contributed by atoms with E-state index in [4.69, 9.17) is 13.8 Å². The van der Waals surface area contributed by atoms with Crippen LogP contribution in [-0.2, 0) is 18.3 Å². The first-order chi connectivity index (χ1) is 12.2. The molecule has 0 spiro atoms. The monoisotopic (exact) mass is 383 g/mol. The SMILES string of the molecule is CCOP(=O)(OCC)c1ccc([C@@H]2CCCN2C(=O)OC(C)(C)C)cc1. The van der Waals surface area contributed by atoms with Crippen molar-refractivity contribution < 1.29 is 23.1 Å². The zero-order chi connectivity index (χ0) is 19.4. The third-order valence-corrected chi connectivity index (χ3v) is 6.20. The second-order valence-corrected chi connectivity index (χ2v) is 9.28. The first kappa shape index (κ1) is 20.9. The van der Waals surface area contributed by atoms with Crippen LogP contribution in [-0.4, -0.2) is 36.4 Å². The number of amides is 1. The maximum absolute atomic E-state index is 12.8. The quantitative estimate of drug-likeness (QED) is 0.669. The average molecular weight is 383 g/mol. The van der Waals surface area contributed by atoms with Gasteiger partial charge in [0, 0.05) is 6.54 Å². The largest absolute Gasteiger partial charge is 0.444 e. The molecule has 1 aliphatic heterocycles. The molecule has 146 valence electrons. The number of hydrogen-bond donors (Lipinski definition) is 0. The minimum absolute atomic E-state index is 0.0301. The van der Waals surface area contributed by atoms with E-state index < -0.39 is 13.2 Å². The van der Waals surface area contributed by atoms with Crippen LogP contribution in [0.1, 0.15) is 59.1 Å². The van der Waals surface area contributed by atoms with E-state index >= 15 is 0 Å². The molecular formula is C19H30NO5P. The highest BCUT2D eigenvalue weighted by atomic mass is 31.2. The number of hydrogen-bond acceptors (Lipinski definition) is 5. The summed E-state index contributed by atoms with van der Waals surface area (Å²) in [5.74, 6) is 0. The van der Waals surface area contributed by atoms with Crippen molar-refractivity contribution in [2.75, 3.05) is 19.8 Å². The molecule has 0 aliphatic carbocycles. The molecular weight excluding hydrogens is 353 g/mol. The zero-order valence-corrected chi connectivity index (χ0v) is 17.3. The van der Waals surface area contributed by atoms with Crippen molar-refractivity contribution in [1.82, 2.24) is 4.90 Å². The number of benzene rings is 1.